The van der Waals surface area contributed by atoms with E-state index in [0.29, 0.717) is 10.9 Å². The Kier molecular flexibility index (Phi) is 4.00. The molecular formula is C11H9BrN4S. The lowest BCUT2D eigenvalue weighted by Crippen LogP contribution is -2.19. The maximum atomic E-state index is 5.15. The largest absolute Gasteiger partial charge is 0.332 e. The number of hydrogen-bond donors (Lipinski definition) is 2. The van der Waals surface area contributed by atoms with Crippen LogP contribution in [0.5, 0.6) is 0 Å². The van der Waals surface area contributed by atoms with Crippen LogP contribution in [0, 0.1) is 0 Å². The number of hydrogen-bond acceptors (Lipinski definition) is 3. The van der Waals surface area contributed by atoms with Crippen LogP contribution in [0.25, 0.3) is 0 Å². The summed E-state index contributed by atoms with van der Waals surface area (Å²) in [4.78, 5) is 8.00. The van der Waals surface area contributed by atoms with Crippen molar-refractivity contribution in [2.45, 2.75) is 0 Å². The van der Waals surface area contributed by atoms with E-state index in [1.54, 1.807) is 18.6 Å². The van der Waals surface area contributed by atoms with Crippen molar-refractivity contribution in [1.29, 1.82) is 0 Å². The highest BCUT2D eigenvalue weighted by Gasteiger charge is 1.99. The van der Waals surface area contributed by atoms with Gasteiger partial charge in [-0.2, -0.15) is 0 Å². The van der Waals surface area contributed by atoms with Crippen LogP contribution in [0.1, 0.15) is 0 Å². The van der Waals surface area contributed by atoms with Gasteiger partial charge in [-0.25, -0.2) is 4.98 Å². The van der Waals surface area contributed by atoms with Gasteiger partial charge in [0.15, 0.2) is 10.9 Å². The summed E-state index contributed by atoms with van der Waals surface area (Å²) in [7, 11) is 0. The molecule has 0 atom stereocenters. The number of aromatic nitrogens is 2. The highest BCUT2D eigenvalue weighted by molar-refractivity contribution is 9.10. The molecule has 1 aromatic heterocycles. The van der Waals surface area contributed by atoms with E-state index in [0.717, 1.165) is 10.2 Å². The second-order valence-electron chi connectivity index (χ2n) is 3.18. The van der Waals surface area contributed by atoms with Gasteiger partial charge >= 0.3 is 0 Å². The maximum absolute atomic E-state index is 5.15. The van der Waals surface area contributed by atoms with Crippen LogP contribution < -0.4 is 10.6 Å². The first-order chi connectivity index (χ1) is 8.24. The zero-order valence-electron chi connectivity index (χ0n) is 8.72. The third kappa shape index (κ3) is 3.76. The first kappa shape index (κ1) is 11.9. The molecule has 0 fully saturated rings. The molecule has 0 radical (unpaired) electrons. The van der Waals surface area contributed by atoms with Gasteiger partial charge in [0.2, 0.25) is 0 Å². The first-order valence-corrected chi connectivity index (χ1v) is 6.04. The molecular weight excluding hydrogens is 300 g/mol. The van der Waals surface area contributed by atoms with Crippen LogP contribution in [0.4, 0.5) is 11.5 Å². The average molecular weight is 309 g/mol. The molecule has 0 unspecified atom stereocenters. The van der Waals surface area contributed by atoms with E-state index in [1.165, 1.54) is 0 Å². The van der Waals surface area contributed by atoms with Gasteiger partial charge < -0.3 is 10.6 Å². The van der Waals surface area contributed by atoms with Gasteiger partial charge in [0, 0.05) is 22.6 Å². The predicted molar refractivity (Wildman–Crippen MR) is 76.0 cm³/mol. The van der Waals surface area contributed by atoms with Crippen molar-refractivity contribution in [2.75, 3.05) is 10.6 Å². The maximum Gasteiger partial charge on any atom is 0.176 e. The molecule has 0 saturated heterocycles. The van der Waals surface area contributed by atoms with E-state index in [9.17, 15) is 0 Å². The summed E-state index contributed by atoms with van der Waals surface area (Å²) in [5, 5.41) is 6.47. The van der Waals surface area contributed by atoms with Gasteiger partial charge in [-0.3, -0.25) is 4.98 Å². The molecule has 0 aliphatic carbocycles. The van der Waals surface area contributed by atoms with Gasteiger partial charge in [0.05, 0.1) is 6.20 Å². The standard InChI is InChI=1S/C11H9BrN4S/c12-8-1-3-9(4-2-8)15-11(17)16-10-7-13-5-6-14-10/h1-7H,(H2,14,15,16,17). The van der Waals surface area contributed by atoms with E-state index < -0.39 is 0 Å². The van der Waals surface area contributed by atoms with Gasteiger partial charge in [-0.15, -0.1) is 0 Å². The number of thiocarbonyl (C=S) groups is 1. The van der Waals surface area contributed by atoms with E-state index in [-0.39, 0.29) is 0 Å². The molecule has 4 nitrogen and oxygen atoms in total. The third-order valence-corrected chi connectivity index (χ3v) is 2.64. The highest BCUT2D eigenvalue weighted by Crippen LogP contribution is 2.14. The Bertz CT molecular complexity index is 501. The molecule has 0 bridgehead atoms. The number of nitrogens with zero attached hydrogens (tertiary/aromatic N) is 2. The molecule has 2 N–H and O–H groups in total. The van der Waals surface area contributed by atoms with Crippen LogP contribution in [-0.2, 0) is 0 Å². The van der Waals surface area contributed by atoms with Gasteiger partial charge in [0.25, 0.3) is 0 Å². The Balaban J connectivity index is 1.96. The topological polar surface area (TPSA) is 49.8 Å². The molecule has 17 heavy (non-hydrogen) atoms. The number of nitrogens with one attached hydrogen (secondary N) is 2. The normalized spacial score (nSPS) is 9.71. The molecule has 1 aromatic carbocycles. The molecule has 1 heterocycles. The van der Waals surface area contributed by atoms with E-state index in [4.69, 9.17) is 12.2 Å². The van der Waals surface area contributed by atoms with E-state index in [1.807, 2.05) is 24.3 Å². The summed E-state index contributed by atoms with van der Waals surface area (Å²) in [6, 6.07) is 7.73. The van der Waals surface area contributed by atoms with Crippen molar-refractivity contribution in [2.24, 2.45) is 0 Å². The Morgan fingerprint density at radius 2 is 1.88 bits per heavy atom. The molecule has 86 valence electrons. The minimum Gasteiger partial charge on any atom is -0.332 e. The van der Waals surface area contributed by atoms with Gasteiger partial charge in [-0.05, 0) is 36.5 Å². The van der Waals surface area contributed by atoms with Crippen LogP contribution in [0.15, 0.2) is 47.3 Å². The fourth-order valence-electron chi connectivity index (χ4n) is 1.18. The molecule has 0 aliphatic heterocycles. The lowest BCUT2D eigenvalue weighted by molar-refractivity contribution is 1.21. The summed E-state index contributed by atoms with van der Waals surface area (Å²) in [6.45, 7) is 0. The lowest BCUT2D eigenvalue weighted by atomic mass is 10.3. The van der Waals surface area contributed by atoms with Crippen molar-refractivity contribution in [3.05, 3.63) is 47.3 Å². The smallest absolute Gasteiger partial charge is 0.176 e. The Morgan fingerprint density at radius 3 is 2.53 bits per heavy atom. The number of rotatable bonds is 2. The number of halogens is 1. The van der Waals surface area contributed by atoms with Crippen molar-refractivity contribution >= 4 is 44.8 Å². The van der Waals surface area contributed by atoms with Crippen molar-refractivity contribution in [3.63, 3.8) is 0 Å². The third-order valence-electron chi connectivity index (χ3n) is 1.91. The second kappa shape index (κ2) is 5.70. The van der Waals surface area contributed by atoms with Gasteiger partial charge in [-0.1, -0.05) is 15.9 Å². The number of anilines is 2. The van der Waals surface area contributed by atoms with Crippen LogP contribution in [-0.4, -0.2) is 15.1 Å². The Morgan fingerprint density at radius 1 is 1.12 bits per heavy atom. The molecule has 0 spiro atoms. The summed E-state index contributed by atoms with van der Waals surface area (Å²) in [5.41, 5.74) is 0.912. The van der Waals surface area contributed by atoms with Gasteiger partial charge in [0.1, 0.15) is 0 Å². The zero-order valence-corrected chi connectivity index (χ0v) is 11.1. The minimum absolute atomic E-state index is 0.479. The SMILES string of the molecule is S=C(Nc1ccc(Br)cc1)Nc1cnccn1. The second-order valence-corrected chi connectivity index (χ2v) is 4.50. The fraction of sp³-hybridized carbons (Fsp3) is 0. The molecule has 6 heteroatoms. The highest BCUT2D eigenvalue weighted by atomic mass is 79.9. The Labute approximate surface area is 113 Å². The summed E-state index contributed by atoms with van der Waals surface area (Å²) < 4.78 is 1.02. The van der Waals surface area contributed by atoms with Crippen LogP contribution in [0.3, 0.4) is 0 Å². The molecule has 0 saturated carbocycles. The van der Waals surface area contributed by atoms with Crippen molar-refractivity contribution in [3.8, 4) is 0 Å². The Hall–Kier alpha value is -1.53. The summed E-state index contributed by atoms with van der Waals surface area (Å²) in [5.74, 6) is 0.613. The molecule has 2 aromatic rings. The monoisotopic (exact) mass is 308 g/mol. The van der Waals surface area contributed by atoms with Crippen molar-refractivity contribution < 1.29 is 0 Å². The summed E-state index contributed by atoms with van der Waals surface area (Å²) in [6.07, 6.45) is 4.82. The average Bonchev–Trinajstić information content (AvgIpc) is 2.33. The summed E-state index contributed by atoms with van der Waals surface area (Å²) >= 11 is 8.52. The minimum atomic E-state index is 0.479. The van der Waals surface area contributed by atoms with E-state index >= 15 is 0 Å². The van der Waals surface area contributed by atoms with E-state index in [2.05, 4.69) is 36.5 Å². The van der Waals surface area contributed by atoms with Crippen molar-refractivity contribution in [1.82, 2.24) is 9.97 Å². The first-order valence-electron chi connectivity index (χ1n) is 4.83. The van der Waals surface area contributed by atoms with Crippen LogP contribution in [0.2, 0.25) is 0 Å². The predicted octanol–water partition coefficient (Wildman–Crippen LogP) is 3.05. The lowest BCUT2D eigenvalue weighted by Gasteiger charge is -2.09. The fourth-order valence-corrected chi connectivity index (χ4v) is 1.66. The zero-order chi connectivity index (χ0) is 12.1. The molecule has 2 rings (SSSR count). The van der Waals surface area contributed by atoms with Crippen LogP contribution >= 0.6 is 28.1 Å². The quantitative estimate of drug-likeness (QED) is 0.835. The molecule has 0 aliphatic rings. The molecule has 0 amide bonds. The number of benzene rings is 1.